The van der Waals surface area contributed by atoms with Crippen molar-refractivity contribution >= 4 is 0 Å². The summed E-state index contributed by atoms with van der Waals surface area (Å²) in [6.07, 6.45) is 10.9. The smallest absolute Gasteiger partial charge is 0.0300 e. The van der Waals surface area contributed by atoms with Crippen molar-refractivity contribution in [2.24, 2.45) is 11.3 Å². The topological polar surface area (TPSA) is 0 Å². The van der Waals surface area contributed by atoms with Crippen LogP contribution < -0.4 is 0 Å². The van der Waals surface area contributed by atoms with Crippen molar-refractivity contribution in [3.8, 4) is 0 Å². The monoisotopic (exact) mass is 344 g/mol. The van der Waals surface area contributed by atoms with Crippen LogP contribution >= 0.6 is 0 Å². The van der Waals surface area contributed by atoms with E-state index in [-0.39, 0.29) is 10.8 Å². The van der Waals surface area contributed by atoms with Crippen LogP contribution in [0.3, 0.4) is 0 Å². The highest BCUT2D eigenvalue weighted by atomic mass is 14.4. The predicted molar refractivity (Wildman–Crippen MR) is 113 cm³/mol. The van der Waals surface area contributed by atoms with Crippen molar-refractivity contribution < 1.29 is 0 Å². The molecule has 0 aromatic heterocycles. The minimum absolute atomic E-state index is 0.00201. The van der Waals surface area contributed by atoms with Gasteiger partial charge in [0.1, 0.15) is 0 Å². The molecule has 0 heteroatoms. The summed E-state index contributed by atoms with van der Waals surface area (Å²) >= 11 is 0. The summed E-state index contributed by atoms with van der Waals surface area (Å²) in [5.74, 6) is 0.396. The van der Waals surface area contributed by atoms with E-state index >= 15 is 0 Å². The largest absolute Gasteiger partial charge is 0.0761 e. The minimum atomic E-state index is 0.00201. The van der Waals surface area contributed by atoms with Gasteiger partial charge in [-0.05, 0) is 28.5 Å². The summed E-state index contributed by atoms with van der Waals surface area (Å²) in [4.78, 5) is 0. The summed E-state index contributed by atoms with van der Waals surface area (Å²) in [6, 6.07) is 22.3. The van der Waals surface area contributed by atoms with Crippen molar-refractivity contribution in [3.63, 3.8) is 0 Å². The molecular formula is C26H32. The Morgan fingerprint density at radius 2 is 1.35 bits per heavy atom. The Morgan fingerprint density at radius 1 is 0.808 bits per heavy atom. The Balaban J connectivity index is 2.18. The van der Waals surface area contributed by atoms with Crippen molar-refractivity contribution in [3.05, 3.63) is 95.6 Å². The first-order valence-electron chi connectivity index (χ1n) is 10.00. The zero-order chi connectivity index (χ0) is 18.6. The average molecular weight is 345 g/mol. The maximum absolute atomic E-state index is 2.52. The van der Waals surface area contributed by atoms with Crippen LogP contribution in [-0.2, 0) is 5.41 Å². The molecule has 0 amide bonds. The van der Waals surface area contributed by atoms with Gasteiger partial charge in [-0.1, -0.05) is 119 Å². The molecule has 0 spiro atoms. The molecule has 0 radical (unpaired) electrons. The van der Waals surface area contributed by atoms with Gasteiger partial charge in [-0.15, -0.1) is 0 Å². The van der Waals surface area contributed by atoms with E-state index in [0.29, 0.717) is 5.92 Å². The Bertz CT molecular complexity index is 717. The first-order chi connectivity index (χ1) is 12.5. The third kappa shape index (κ3) is 3.56. The lowest BCUT2D eigenvalue weighted by Gasteiger charge is -2.39. The van der Waals surface area contributed by atoms with Crippen LogP contribution in [0.1, 0.15) is 58.1 Å². The molecule has 0 nitrogen and oxygen atoms in total. The molecule has 0 N–H and O–H groups in total. The molecular weight excluding hydrogens is 312 g/mol. The lowest BCUT2D eigenvalue weighted by atomic mass is 9.63. The van der Waals surface area contributed by atoms with Gasteiger partial charge in [-0.25, -0.2) is 0 Å². The fourth-order valence-electron chi connectivity index (χ4n) is 4.25. The van der Waals surface area contributed by atoms with E-state index in [0.717, 1.165) is 0 Å². The van der Waals surface area contributed by atoms with Crippen LogP contribution in [0.4, 0.5) is 0 Å². The Hall–Kier alpha value is -2.08. The Kier molecular flexibility index (Phi) is 5.51. The molecule has 136 valence electrons. The molecule has 0 bridgehead atoms. The molecule has 0 saturated carbocycles. The molecule has 0 fully saturated rings. The van der Waals surface area contributed by atoms with E-state index in [2.05, 4.69) is 107 Å². The van der Waals surface area contributed by atoms with E-state index in [4.69, 9.17) is 0 Å². The highest BCUT2D eigenvalue weighted by Crippen LogP contribution is 2.48. The first-order valence-corrected chi connectivity index (χ1v) is 10.00. The van der Waals surface area contributed by atoms with E-state index in [1.807, 2.05) is 0 Å². The van der Waals surface area contributed by atoms with Gasteiger partial charge < -0.3 is 0 Å². The molecule has 0 aliphatic heterocycles. The quantitative estimate of drug-likeness (QED) is 0.515. The van der Waals surface area contributed by atoms with E-state index < -0.39 is 0 Å². The van der Waals surface area contributed by atoms with Crippen LogP contribution in [0.25, 0.3) is 0 Å². The molecule has 0 heterocycles. The van der Waals surface area contributed by atoms with Gasteiger partial charge in [0.2, 0.25) is 0 Å². The van der Waals surface area contributed by atoms with Gasteiger partial charge in [0.25, 0.3) is 0 Å². The Morgan fingerprint density at radius 3 is 1.77 bits per heavy atom. The third-order valence-corrected chi connectivity index (χ3v) is 5.78. The van der Waals surface area contributed by atoms with Gasteiger partial charge in [-0.3, -0.25) is 0 Å². The van der Waals surface area contributed by atoms with E-state index in [9.17, 15) is 0 Å². The van der Waals surface area contributed by atoms with Crippen LogP contribution in [-0.4, -0.2) is 0 Å². The standard InChI is InChI=1S/C26H32/c1-5-6-19-26(21-13-9-7-10-14-21,22-15-11-8-12-16-22)24-18-17-23(20-24)25(2,3)4/h7-18,20,24H,5-6,19H2,1-4H3. The predicted octanol–water partition coefficient (Wildman–Crippen LogP) is 7.32. The van der Waals surface area contributed by atoms with Crippen LogP contribution in [0, 0.1) is 11.3 Å². The molecule has 26 heavy (non-hydrogen) atoms. The second kappa shape index (κ2) is 7.66. The average Bonchev–Trinajstić information content (AvgIpc) is 3.15. The van der Waals surface area contributed by atoms with Gasteiger partial charge >= 0.3 is 0 Å². The van der Waals surface area contributed by atoms with Crippen molar-refractivity contribution in [1.82, 2.24) is 0 Å². The lowest BCUT2D eigenvalue weighted by molar-refractivity contribution is 0.391. The van der Waals surface area contributed by atoms with Gasteiger partial charge in [-0.2, -0.15) is 0 Å². The van der Waals surface area contributed by atoms with Crippen LogP contribution in [0.5, 0.6) is 0 Å². The normalized spacial score (nSPS) is 17.4. The number of hydrogen-bond donors (Lipinski definition) is 0. The third-order valence-electron chi connectivity index (χ3n) is 5.78. The number of hydrogen-bond acceptors (Lipinski definition) is 0. The molecule has 1 atom stereocenters. The SMILES string of the molecule is CCCCC(c1ccccc1)(c1ccccc1)C1C=CC(C(C)(C)C)=C1. The number of unbranched alkanes of at least 4 members (excludes halogenated alkanes) is 1. The van der Waals surface area contributed by atoms with Crippen LogP contribution in [0.15, 0.2) is 84.5 Å². The number of rotatable bonds is 6. The second-order valence-corrected chi connectivity index (χ2v) is 8.56. The molecule has 1 aliphatic rings. The molecule has 0 saturated heterocycles. The fraction of sp³-hybridized carbons (Fsp3) is 0.385. The summed E-state index contributed by atoms with van der Waals surface area (Å²) in [5.41, 5.74) is 4.51. The molecule has 1 aliphatic carbocycles. The summed E-state index contributed by atoms with van der Waals surface area (Å²) < 4.78 is 0. The van der Waals surface area contributed by atoms with Crippen molar-refractivity contribution in [2.45, 2.75) is 52.4 Å². The van der Waals surface area contributed by atoms with Crippen LogP contribution in [0.2, 0.25) is 0 Å². The lowest BCUT2D eigenvalue weighted by Crippen LogP contribution is -2.34. The zero-order valence-corrected chi connectivity index (χ0v) is 16.7. The first kappa shape index (κ1) is 18.7. The van der Waals surface area contributed by atoms with E-state index in [1.54, 1.807) is 0 Å². The molecule has 3 rings (SSSR count). The highest BCUT2D eigenvalue weighted by molar-refractivity contribution is 5.47. The van der Waals surface area contributed by atoms with Crippen molar-refractivity contribution in [2.75, 3.05) is 0 Å². The Labute approximate surface area is 159 Å². The molecule has 2 aromatic rings. The second-order valence-electron chi connectivity index (χ2n) is 8.56. The summed E-state index contributed by atoms with van der Waals surface area (Å²) in [5, 5.41) is 0. The summed E-state index contributed by atoms with van der Waals surface area (Å²) in [6.45, 7) is 9.22. The van der Waals surface area contributed by atoms with Gasteiger partial charge in [0.05, 0.1) is 0 Å². The number of benzene rings is 2. The highest BCUT2D eigenvalue weighted by Gasteiger charge is 2.41. The minimum Gasteiger partial charge on any atom is -0.0761 e. The molecule has 1 unspecified atom stereocenters. The summed E-state index contributed by atoms with van der Waals surface area (Å²) in [7, 11) is 0. The maximum atomic E-state index is 2.52. The van der Waals surface area contributed by atoms with E-state index in [1.165, 1.54) is 36.0 Å². The maximum Gasteiger partial charge on any atom is 0.0300 e. The van der Waals surface area contributed by atoms with Gasteiger partial charge in [0.15, 0.2) is 0 Å². The number of allylic oxidation sites excluding steroid dienone is 4. The fourth-order valence-corrected chi connectivity index (χ4v) is 4.25. The van der Waals surface area contributed by atoms with Gasteiger partial charge in [0, 0.05) is 11.3 Å². The molecule has 2 aromatic carbocycles. The van der Waals surface area contributed by atoms with Crippen molar-refractivity contribution in [1.29, 1.82) is 0 Å². The zero-order valence-electron chi connectivity index (χ0n) is 16.7.